The number of hydrogen-bond donors (Lipinski definition) is 1. The third-order valence-corrected chi connectivity index (χ3v) is 5.04. The minimum atomic E-state index is -3.23. The lowest BCUT2D eigenvalue weighted by Gasteiger charge is -2.35. The molecule has 1 aromatic carbocycles. The van der Waals surface area contributed by atoms with E-state index in [9.17, 15) is 18.0 Å². The van der Waals surface area contributed by atoms with E-state index in [1.54, 1.807) is 24.3 Å². The molecule has 1 saturated heterocycles. The lowest BCUT2D eigenvalue weighted by molar-refractivity contribution is -0.122. The number of carbonyl (C=O) groups is 2. The van der Waals surface area contributed by atoms with Crippen LogP contribution in [0.3, 0.4) is 0 Å². The molecule has 132 valence electrons. The van der Waals surface area contributed by atoms with Gasteiger partial charge in [-0.2, -0.15) is 0 Å². The Morgan fingerprint density at radius 1 is 1.25 bits per heavy atom. The van der Waals surface area contributed by atoms with Crippen LogP contribution in [-0.2, 0) is 19.6 Å². The zero-order chi connectivity index (χ0) is 17.7. The molecular weight excluding hydrogens is 332 g/mol. The number of esters is 1. The van der Waals surface area contributed by atoms with Gasteiger partial charge >= 0.3 is 5.97 Å². The van der Waals surface area contributed by atoms with Crippen LogP contribution in [0, 0.1) is 5.92 Å². The van der Waals surface area contributed by atoms with E-state index in [0.29, 0.717) is 17.9 Å². The van der Waals surface area contributed by atoms with Crippen LogP contribution in [-0.4, -0.2) is 50.6 Å². The number of hydrogen-bond acceptors (Lipinski definition) is 5. The van der Waals surface area contributed by atoms with Gasteiger partial charge in [-0.25, -0.2) is 17.5 Å². The maximum atomic E-state index is 12.0. The summed E-state index contributed by atoms with van der Waals surface area (Å²) in [5.41, 5.74) is 0.985. The Balaban J connectivity index is 1.84. The molecule has 1 aliphatic rings. The molecule has 1 N–H and O–H groups in total. The lowest BCUT2D eigenvalue weighted by Crippen LogP contribution is -2.53. The minimum absolute atomic E-state index is 0.201. The molecule has 0 aromatic heterocycles. The smallest absolute Gasteiger partial charge is 0.338 e. The highest BCUT2D eigenvalue weighted by molar-refractivity contribution is 7.88. The van der Waals surface area contributed by atoms with Crippen molar-refractivity contribution in [3.63, 3.8) is 0 Å². The highest BCUT2D eigenvalue weighted by atomic mass is 32.2. The van der Waals surface area contributed by atoms with Crippen LogP contribution in [0.15, 0.2) is 24.3 Å². The summed E-state index contributed by atoms with van der Waals surface area (Å²) in [4.78, 5) is 23.8. The lowest BCUT2D eigenvalue weighted by atomic mass is 10.0. The van der Waals surface area contributed by atoms with Gasteiger partial charge < -0.3 is 10.1 Å². The second-order valence-electron chi connectivity index (χ2n) is 5.83. The van der Waals surface area contributed by atoms with Crippen LogP contribution in [0.2, 0.25) is 0 Å². The van der Waals surface area contributed by atoms with Crippen molar-refractivity contribution < 1.29 is 22.7 Å². The summed E-state index contributed by atoms with van der Waals surface area (Å²) < 4.78 is 28.9. The predicted molar refractivity (Wildman–Crippen MR) is 90.2 cm³/mol. The van der Waals surface area contributed by atoms with Crippen LogP contribution < -0.4 is 5.32 Å². The number of unbranched alkanes of at least 4 members (excludes halogenated alkanes) is 1. The zero-order valence-corrected chi connectivity index (χ0v) is 14.6. The summed E-state index contributed by atoms with van der Waals surface area (Å²) in [7, 11) is -3.23. The average Bonchev–Trinajstić information content (AvgIpc) is 2.45. The van der Waals surface area contributed by atoms with E-state index in [1.165, 1.54) is 4.31 Å². The molecule has 0 atom stereocenters. The molecule has 0 unspecified atom stereocenters. The second kappa shape index (κ2) is 7.76. The van der Waals surface area contributed by atoms with E-state index in [2.05, 4.69) is 5.32 Å². The van der Waals surface area contributed by atoms with Crippen LogP contribution in [0.4, 0.5) is 5.69 Å². The Morgan fingerprint density at radius 2 is 1.88 bits per heavy atom. The number of ether oxygens (including phenoxy) is 1. The van der Waals surface area contributed by atoms with Crippen LogP contribution >= 0.6 is 0 Å². The topological polar surface area (TPSA) is 92.8 Å². The molecule has 1 heterocycles. The number of nitrogens with one attached hydrogen (secondary N) is 1. The standard InChI is InChI=1S/C16H22N2O5S/c1-3-4-9-23-16(20)12-5-7-14(8-6-12)17-15(19)13-10-18(11-13)24(2,21)22/h5-8,13H,3-4,9-11H2,1-2H3,(H,17,19). The molecule has 8 heteroatoms. The van der Waals surface area contributed by atoms with Gasteiger partial charge in [-0.15, -0.1) is 0 Å². The fourth-order valence-corrected chi connectivity index (χ4v) is 3.10. The number of amides is 1. The van der Waals surface area contributed by atoms with Crippen molar-refractivity contribution in [1.29, 1.82) is 0 Å². The monoisotopic (exact) mass is 354 g/mol. The zero-order valence-electron chi connectivity index (χ0n) is 13.8. The van der Waals surface area contributed by atoms with Gasteiger partial charge in [0.1, 0.15) is 0 Å². The van der Waals surface area contributed by atoms with Gasteiger partial charge in [0.2, 0.25) is 15.9 Å². The predicted octanol–water partition coefficient (Wildman–Crippen LogP) is 1.47. The fraction of sp³-hybridized carbons (Fsp3) is 0.500. The molecule has 0 radical (unpaired) electrons. The molecular formula is C16H22N2O5S. The van der Waals surface area contributed by atoms with Gasteiger partial charge in [-0.3, -0.25) is 4.79 Å². The van der Waals surface area contributed by atoms with E-state index in [1.807, 2.05) is 6.92 Å². The summed E-state index contributed by atoms with van der Waals surface area (Å²) in [5.74, 6) is -0.962. The molecule has 7 nitrogen and oxygen atoms in total. The Labute approximate surface area is 142 Å². The van der Waals surface area contributed by atoms with Crippen LogP contribution in [0.5, 0.6) is 0 Å². The van der Waals surface area contributed by atoms with Crippen molar-refractivity contribution in [3.8, 4) is 0 Å². The Morgan fingerprint density at radius 3 is 2.42 bits per heavy atom. The molecule has 24 heavy (non-hydrogen) atoms. The summed E-state index contributed by atoms with van der Waals surface area (Å²) in [6.45, 7) is 2.81. The van der Waals surface area contributed by atoms with Gasteiger partial charge in [-0.05, 0) is 30.7 Å². The van der Waals surface area contributed by atoms with E-state index in [4.69, 9.17) is 4.74 Å². The maximum Gasteiger partial charge on any atom is 0.338 e. The molecule has 1 aromatic rings. The van der Waals surface area contributed by atoms with Gasteiger partial charge in [-0.1, -0.05) is 13.3 Å². The SMILES string of the molecule is CCCCOC(=O)c1ccc(NC(=O)C2CN(S(C)(=O)=O)C2)cc1. The van der Waals surface area contributed by atoms with Gasteiger partial charge in [0.15, 0.2) is 0 Å². The third kappa shape index (κ3) is 4.78. The first-order valence-electron chi connectivity index (χ1n) is 7.84. The number of benzene rings is 1. The quantitative estimate of drug-likeness (QED) is 0.591. The maximum absolute atomic E-state index is 12.0. The average molecular weight is 354 g/mol. The number of carbonyl (C=O) groups excluding carboxylic acids is 2. The first kappa shape index (κ1) is 18.4. The first-order valence-corrected chi connectivity index (χ1v) is 9.69. The van der Waals surface area contributed by atoms with Crippen molar-refractivity contribution in [1.82, 2.24) is 4.31 Å². The number of anilines is 1. The van der Waals surface area contributed by atoms with Crippen molar-refractivity contribution in [2.75, 3.05) is 31.3 Å². The molecule has 0 aliphatic carbocycles. The van der Waals surface area contributed by atoms with Gasteiger partial charge in [0.25, 0.3) is 0 Å². The number of rotatable bonds is 7. The summed E-state index contributed by atoms with van der Waals surface area (Å²) in [5, 5.41) is 2.72. The van der Waals surface area contributed by atoms with Crippen molar-refractivity contribution in [2.24, 2.45) is 5.92 Å². The van der Waals surface area contributed by atoms with Crippen molar-refractivity contribution in [2.45, 2.75) is 19.8 Å². The first-order chi connectivity index (χ1) is 11.3. The molecule has 1 amide bonds. The van der Waals surface area contributed by atoms with E-state index in [0.717, 1.165) is 19.1 Å². The fourth-order valence-electron chi connectivity index (χ4n) is 2.20. The van der Waals surface area contributed by atoms with Crippen LogP contribution in [0.1, 0.15) is 30.1 Å². The summed E-state index contributed by atoms with van der Waals surface area (Å²) in [6.07, 6.45) is 2.90. The van der Waals surface area contributed by atoms with E-state index < -0.39 is 10.0 Å². The highest BCUT2D eigenvalue weighted by Gasteiger charge is 2.37. The van der Waals surface area contributed by atoms with Gasteiger partial charge in [0, 0.05) is 18.8 Å². The normalized spacial score (nSPS) is 15.6. The molecule has 1 aliphatic heterocycles. The third-order valence-electron chi connectivity index (χ3n) is 3.81. The minimum Gasteiger partial charge on any atom is -0.462 e. The molecule has 0 spiro atoms. The summed E-state index contributed by atoms with van der Waals surface area (Å²) >= 11 is 0. The number of nitrogens with zero attached hydrogens (tertiary/aromatic N) is 1. The molecule has 2 rings (SSSR count). The Bertz CT molecular complexity index is 694. The van der Waals surface area contributed by atoms with Gasteiger partial charge in [0.05, 0.1) is 24.3 Å². The van der Waals surface area contributed by atoms with E-state index >= 15 is 0 Å². The molecule has 0 saturated carbocycles. The Kier molecular flexibility index (Phi) is 5.95. The number of sulfonamides is 1. The summed E-state index contributed by atoms with van der Waals surface area (Å²) in [6, 6.07) is 6.43. The Hall–Kier alpha value is -1.93. The van der Waals surface area contributed by atoms with Crippen molar-refractivity contribution >= 4 is 27.6 Å². The highest BCUT2D eigenvalue weighted by Crippen LogP contribution is 2.21. The molecule has 1 fully saturated rings. The van der Waals surface area contributed by atoms with Crippen molar-refractivity contribution in [3.05, 3.63) is 29.8 Å². The van der Waals surface area contributed by atoms with Crippen LogP contribution in [0.25, 0.3) is 0 Å². The largest absolute Gasteiger partial charge is 0.462 e. The van der Waals surface area contributed by atoms with E-state index in [-0.39, 0.29) is 30.9 Å². The molecule has 0 bridgehead atoms. The second-order valence-corrected chi connectivity index (χ2v) is 7.82.